The predicted molar refractivity (Wildman–Crippen MR) is 110 cm³/mol. The van der Waals surface area contributed by atoms with Gasteiger partial charge in [-0.1, -0.05) is 38.5 Å². The lowest BCUT2D eigenvalue weighted by Gasteiger charge is -2.35. The minimum absolute atomic E-state index is 0.571. The van der Waals surface area contributed by atoms with Gasteiger partial charge in [0.25, 0.3) is 0 Å². The van der Waals surface area contributed by atoms with Gasteiger partial charge in [0.15, 0.2) is 0 Å². The normalized spacial score (nSPS) is 21.3. The van der Waals surface area contributed by atoms with Gasteiger partial charge in [0.2, 0.25) is 0 Å². The zero-order valence-electron chi connectivity index (χ0n) is 16.7. The molecule has 3 heteroatoms. The molecule has 2 nitrogen and oxygen atoms in total. The van der Waals surface area contributed by atoms with E-state index in [4.69, 9.17) is 0 Å². The van der Waals surface area contributed by atoms with Crippen molar-refractivity contribution >= 4 is 18.8 Å². The molecule has 0 radical (unpaired) electrons. The maximum Gasteiger partial charge on any atom is 0.0573 e. The summed E-state index contributed by atoms with van der Waals surface area (Å²) in [5, 5.41) is 3.09. The second-order valence-corrected chi connectivity index (χ2v) is 9.29. The zero-order chi connectivity index (χ0) is 18.0. The molecule has 0 heterocycles. The quantitative estimate of drug-likeness (QED) is 0.675. The SMILES string of the molecule is CC(C)N(C(C)C)C1C(=Pc2ccccc2)C1N(C(C)C)C(C)C. The van der Waals surface area contributed by atoms with Gasteiger partial charge in [0.05, 0.1) is 12.1 Å². The Hall–Kier alpha value is -0.690. The summed E-state index contributed by atoms with van der Waals surface area (Å²) < 4.78 is 0. The molecule has 1 aliphatic rings. The summed E-state index contributed by atoms with van der Waals surface area (Å²) in [4.78, 5) is 5.40. The third-order valence-corrected chi connectivity index (χ3v) is 6.18. The Morgan fingerprint density at radius 2 is 1.04 bits per heavy atom. The van der Waals surface area contributed by atoms with Gasteiger partial charge in [-0.05, 0) is 60.7 Å². The van der Waals surface area contributed by atoms with Crippen LogP contribution in [0.2, 0.25) is 0 Å². The molecule has 0 spiro atoms. The van der Waals surface area contributed by atoms with Gasteiger partial charge in [-0.3, -0.25) is 9.80 Å². The van der Waals surface area contributed by atoms with E-state index >= 15 is 0 Å². The van der Waals surface area contributed by atoms with Crippen molar-refractivity contribution in [2.45, 2.75) is 91.6 Å². The fourth-order valence-corrected chi connectivity index (χ4v) is 5.47. The fraction of sp³-hybridized carbons (Fsp3) is 0.667. The second kappa shape index (κ2) is 8.13. The maximum absolute atomic E-state index is 2.70. The van der Waals surface area contributed by atoms with Crippen LogP contribution in [-0.4, -0.2) is 51.3 Å². The molecule has 2 atom stereocenters. The minimum Gasteiger partial charge on any atom is -0.290 e. The van der Waals surface area contributed by atoms with Crippen LogP contribution in [-0.2, 0) is 0 Å². The number of benzene rings is 1. The van der Waals surface area contributed by atoms with Gasteiger partial charge in [-0.25, -0.2) is 0 Å². The molecule has 2 rings (SSSR count). The highest BCUT2D eigenvalue weighted by atomic mass is 31.1. The monoisotopic (exact) mass is 346 g/mol. The van der Waals surface area contributed by atoms with Crippen LogP contribution in [0.15, 0.2) is 30.3 Å². The van der Waals surface area contributed by atoms with Gasteiger partial charge in [-0.2, -0.15) is 0 Å². The van der Waals surface area contributed by atoms with E-state index in [9.17, 15) is 0 Å². The molecule has 1 fully saturated rings. The van der Waals surface area contributed by atoms with Crippen molar-refractivity contribution < 1.29 is 0 Å². The lowest BCUT2D eigenvalue weighted by Crippen LogP contribution is -2.46. The van der Waals surface area contributed by atoms with Gasteiger partial charge >= 0.3 is 0 Å². The van der Waals surface area contributed by atoms with E-state index in [1.54, 1.807) is 5.29 Å². The molecule has 24 heavy (non-hydrogen) atoms. The molecule has 0 aliphatic heterocycles. The zero-order valence-corrected chi connectivity index (χ0v) is 17.6. The van der Waals surface area contributed by atoms with Crippen LogP contribution in [0.5, 0.6) is 0 Å². The molecule has 1 aliphatic carbocycles. The average molecular weight is 346 g/mol. The van der Waals surface area contributed by atoms with Crippen LogP contribution in [0, 0.1) is 0 Å². The third-order valence-electron chi connectivity index (χ3n) is 4.84. The van der Waals surface area contributed by atoms with Gasteiger partial charge < -0.3 is 0 Å². The molecular weight excluding hydrogens is 311 g/mol. The topological polar surface area (TPSA) is 6.48 Å². The van der Waals surface area contributed by atoms with E-state index in [-0.39, 0.29) is 0 Å². The Morgan fingerprint density at radius 3 is 1.38 bits per heavy atom. The molecule has 0 N–H and O–H groups in total. The molecule has 1 saturated carbocycles. The van der Waals surface area contributed by atoms with E-state index in [1.807, 2.05) is 0 Å². The largest absolute Gasteiger partial charge is 0.290 e. The minimum atomic E-state index is 0.571. The molecule has 0 bridgehead atoms. The summed E-state index contributed by atoms with van der Waals surface area (Å²) in [6.07, 6.45) is 0. The Kier molecular flexibility index (Phi) is 6.65. The van der Waals surface area contributed by atoms with Crippen molar-refractivity contribution in [3.05, 3.63) is 30.3 Å². The number of hydrogen-bond acceptors (Lipinski definition) is 2. The summed E-state index contributed by atoms with van der Waals surface area (Å²) in [5.74, 6) is 0. The lowest BCUT2D eigenvalue weighted by atomic mass is 10.2. The highest BCUT2D eigenvalue weighted by molar-refractivity contribution is 7.50. The Labute approximate surface area is 151 Å². The summed E-state index contributed by atoms with van der Waals surface area (Å²) >= 11 is 0. The van der Waals surface area contributed by atoms with Gasteiger partial charge in [0, 0.05) is 29.5 Å². The van der Waals surface area contributed by atoms with E-state index in [0.717, 1.165) is 0 Å². The Morgan fingerprint density at radius 1 is 0.667 bits per heavy atom. The number of nitrogens with zero attached hydrogens (tertiary/aromatic N) is 2. The second-order valence-electron chi connectivity index (χ2n) is 8.03. The van der Waals surface area contributed by atoms with Crippen LogP contribution >= 0.6 is 8.20 Å². The van der Waals surface area contributed by atoms with Crippen molar-refractivity contribution in [3.8, 4) is 0 Å². The van der Waals surface area contributed by atoms with Crippen LogP contribution < -0.4 is 5.30 Å². The molecule has 134 valence electrons. The van der Waals surface area contributed by atoms with Gasteiger partial charge in [-0.15, -0.1) is 0 Å². The van der Waals surface area contributed by atoms with Crippen LogP contribution in [0.1, 0.15) is 55.4 Å². The standard InChI is InChI=1S/C21H35N2P/c1-14(2)22(15(3)4)19-20(23(16(5)6)17(7)8)21(19)24-18-12-10-9-11-13-18/h9-17,19-20H,1-8H3. The molecule has 0 amide bonds. The first-order valence-electron chi connectivity index (χ1n) is 9.44. The fourth-order valence-electron chi connectivity index (χ4n) is 4.12. The third kappa shape index (κ3) is 4.28. The Bertz CT molecular complexity index is 504. The van der Waals surface area contributed by atoms with E-state index in [2.05, 4.69) is 95.5 Å². The number of hydrogen-bond donors (Lipinski definition) is 0. The van der Waals surface area contributed by atoms with Crippen LogP contribution in [0.25, 0.3) is 0 Å². The van der Waals surface area contributed by atoms with Crippen molar-refractivity contribution in [2.75, 3.05) is 0 Å². The smallest absolute Gasteiger partial charge is 0.0573 e. The molecule has 1 aromatic carbocycles. The van der Waals surface area contributed by atoms with E-state index in [0.29, 0.717) is 36.3 Å². The van der Waals surface area contributed by atoms with Crippen molar-refractivity contribution in [1.29, 1.82) is 0 Å². The summed E-state index contributed by atoms with van der Waals surface area (Å²) in [7, 11) is 1.40. The average Bonchev–Trinajstić information content (AvgIpc) is 3.11. The first-order valence-corrected chi connectivity index (χ1v) is 10.3. The van der Waals surface area contributed by atoms with Crippen LogP contribution in [0.3, 0.4) is 0 Å². The molecule has 2 unspecified atom stereocenters. The summed E-state index contributed by atoms with van der Waals surface area (Å²) in [5.41, 5.74) is 0. The van der Waals surface area contributed by atoms with Crippen molar-refractivity contribution in [1.82, 2.24) is 9.80 Å². The molecule has 0 saturated heterocycles. The highest BCUT2D eigenvalue weighted by Gasteiger charge is 2.54. The van der Waals surface area contributed by atoms with Crippen molar-refractivity contribution in [3.63, 3.8) is 0 Å². The highest BCUT2D eigenvalue weighted by Crippen LogP contribution is 2.39. The summed E-state index contributed by atoms with van der Waals surface area (Å²) in [6, 6.07) is 14.4. The summed E-state index contributed by atoms with van der Waals surface area (Å²) in [6.45, 7) is 18.7. The molecular formula is C21H35N2P. The van der Waals surface area contributed by atoms with Crippen LogP contribution in [0.4, 0.5) is 0 Å². The molecule has 0 aromatic heterocycles. The predicted octanol–water partition coefficient (Wildman–Crippen LogP) is 4.42. The molecule has 1 aromatic rings. The van der Waals surface area contributed by atoms with Crippen molar-refractivity contribution in [2.24, 2.45) is 0 Å². The van der Waals surface area contributed by atoms with E-state index in [1.165, 1.54) is 13.5 Å². The maximum atomic E-state index is 2.70. The number of rotatable bonds is 7. The van der Waals surface area contributed by atoms with E-state index < -0.39 is 0 Å². The van der Waals surface area contributed by atoms with Gasteiger partial charge in [0.1, 0.15) is 0 Å². The first kappa shape index (κ1) is 19.6. The Balaban J connectivity index is 2.39. The lowest BCUT2D eigenvalue weighted by molar-refractivity contribution is 0.108. The first-order chi connectivity index (χ1) is 11.3.